The molecule has 1 atom stereocenters. The molecule has 132 valence electrons. The molecule has 1 unspecified atom stereocenters. The number of nitrogens with zero attached hydrogens (tertiary/aromatic N) is 1. The van der Waals surface area contributed by atoms with Gasteiger partial charge in [-0.1, -0.05) is 41.4 Å². The molecule has 0 bridgehead atoms. The molecule has 0 aromatic heterocycles. The molecule has 1 aliphatic carbocycles. The Balaban J connectivity index is 1.73. The molecule has 1 saturated carbocycles. The van der Waals surface area contributed by atoms with Crippen LogP contribution in [0.2, 0.25) is 10.0 Å². The van der Waals surface area contributed by atoms with Crippen molar-refractivity contribution >= 4 is 34.8 Å². The Bertz CT molecular complexity index is 780. The summed E-state index contributed by atoms with van der Waals surface area (Å²) in [6, 6.07) is 11.7. The zero-order valence-electron chi connectivity index (χ0n) is 13.8. The SMILES string of the molecule is CC(c1ccccc1F)N(CC(=O)Nc1cc(Cl)ccc1Cl)C1CC1. The summed E-state index contributed by atoms with van der Waals surface area (Å²) in [4.78, 5) is 14.5. The van der Waals surface area contributed by atoms with E-state index in [9.17, 15) is 9.18 Å². The number of amides is 1. The quantitative estimate of drug-likeness (QED) is 0.737. The third-order valence-corrected chi connectivity index (χ3v) is 4.96. The number of anilines is 1. The molecule has 25 heavy (non-hydrogen) atoms. The minimum atomic E-state index is -0.251. The average molecular weight is 381 g/mol. The number of nitrogens with one attached hydrogen (secondary N) is 1. The number of hydrogen-bond donors (Lipinski definition) is 1. The van der Waals surface area contributed by atoms with Crippen LogP contribution in [0.25, 0.3) is 0 Å². The van der Waals surface area contributed by atoms with Crippen molar-refractivity contribution in [1.82, 2.24) is 4.90 Å². The number of benzene rings is 2. The van der Waals surface area contributed by atoms with Gasteiger partial charge in [0.15, 0.2) is 0 Å². The lowest BCUT2D eigenvalue weighted by atomic mass is 10.1. The Morgan fingerprint density at radius 2 is 2.00 bits per heavy atom. The van der Waals surface area contributed by atoms with E-state index in [4.69, 9.17) is 23.2 Å². The predicted molar refractivity (Wildman–Crippen MR) is 99.6 cm³/mol. The van der Waals surface area contributed by atoms with E-state index in [2.05, 4.69) is 5.32 Å². The van der Waals surface area contributed by atoms with Crippen LogP contribution in [0.4, 0.5) is 10.1 Å². The number of carbonyl (C=O) groups excluding carboxylic acids is 1. The summed E-state index contributed by atoms with van der Waals surface area (Å²) in [7, 11) is 0. The molecule has 2 aromatic carbocycles. The van der Waals surface area contributed by atoms with E-state index in [1.165, 1.54) is 6.07 Å². The molecule has 0 heterocycles. The van der Waals surface area contributed by atoms with Gasteiger partial charge in [-0.2, -0.15) is 0 Å². The van der Waals surface area contributed by atoms with E-state index in [0.717, 1.165) is 12.8 Å². The van der Waals surface area contributed by atoms with Gasteiger partial charge in [-0.3, -0.25) is 9.69 Å². The molecule has 0 spiro atoms. The molecule has 2 aromatic rings. The highest BCUT2D eigenvalue weighted by molar-refractivity contribution is 6.35. The molecule has 0 radical (unpaired) electrons. The second-order valence-corrected chi connectivity index (χ2v) is 7.12. The lowest BCUT2D eigenvalue weighted by molar-refractivity contribution is -0.118. The minimum Gasteiger partial charge on any atom is -0.324 e. The van der Waals surface area contributed by atoms with Crippen molar-refractivity contribution in [2.24, 2.45) is 0 Å². The first-order valence-corrected chi connectivity index (χ1v) is 8.96. The molecule has 1 fully saturated rings. The van der Waals surface area contributed by atoms with Crippen molar-refractivity contribution in [2.75, 3.05) is 11.9 Å². The molecule has 3 nitrogen and oxygen atoms in total. The Labute approximate surface area is 156 Å². The molecule has 1 amide bonds. The largest absolute Gasteiger partial charge is 0.324 e. The molecule has 0 saturated heterocycles. The zero-order chi connectivity index (χ0) is 18.0. The van der Waals surface area contributed by atoms with Crippen molar-refractivity contribution in [2.45, 2.75) is 31.8 Å². The van der Waals surface area contributed by atoms with E-state index in [0.29, 0.717) is 27.3 Å². The minimum absolute atomic E-state index is 0.170. The van der Waals surface area contributed by atoms with Crippen LogP contribution < -0.4 is 5.32 Å². The maximum atomic E-state index is 14.1. The van der Waals surface area contributed by atoms with E-state index in [1.54, 1.807) is 30.3 Å². The fourth-order valence-corrected chi connectivity index (χ4v) is 3.27. The van der Waals surface area contributed by atoms with Crippen molar-refractivity contribution in [1.29, 1.82) is 0 Å². The smallest absolute Gasteiger partial charge is 0.238 e. The van der Waals surface area contributed by atoms with Gasteiger partial charge in [-0.25, -0.2) is 4.39 Å². The highest BCUT2D eigenvalue weighted by Crippen LogP contribution is 2.35. The Morgan fingerprint density at radius 1 is 1.28 bits per heavy atom. The van der Waals surface area contributed by atoms with Gasteiger partial charge in [-0.05, 0) is 44.0 Å². The molecule has 1 N–H and O–H groups in total. The van der Waals surface area contributed by atoms with Crippen LogP contribution in [0.5, 0.6) is 0 Å². The first kappa shape index (κ1) is 18.2. The molecule has 6 heteroatoms. The van der Waals surface area contributed by atoms with Gasteiger partial charge in [-0.15, -0.1) is 0 Å². The van der Waals surface area contributed by atoms with Crippen LogP contribution in [-0.4, -0.2) is 23.4 Å². The van der Waals surface area contributed by atoms with Crippen molar-refractivity contribution < 1.29 is 9.18 Å². The number of halogens is 3. The highest BCUT2D eigenvalue weighted by atomic mass is 35.5. The summed E-state index contributed by atoms with van der Waals surface area (Å²) < 4.78 is 14.1. The first-order chi connectivity index (χ1) is 12.0. The van der Waals surface area contributed by atoms with Crippen LogP contribution in [0.3, 0.4) is 0 Å². The van der Waals surface area contributed by atoms with Gasteiger partial charge < -0.3 is 5.32 Å². The van der Waals surface area contributed by atoms with E-state index < -0.39 is 0 Å². The second kappa shape index (κ2) is 7.73. The van der Waals surface area contributed by atoms with Crippen molar-refractivity contribution in [3.05, 3.63) is 63.9 Å². The number of carbonyl (C=O) groups is 1. The van der Waals surface area contributed by atoms with Crippen molar-refractivity contribution in [3.8, 4) is 0 Å². The molecule has 3 rings (SSSR count). The van der Waals surface area contributed by atoms with Gasteiger partial charge in [0.2, 0.25) is 5.91 Å². The first-order valence-electron chi connectivity index (χ1n) is 8.21. The van der Waals surface area contributed by atoms with Crippen molar-refractivity contribution in [3.63, 3.8) is 0 Å². The van der Waals surface area contributed by atoms with Gasteiger partial charge in [0.05, 0.1) is 17.3 Å². The monoisotopic (exact) mass is 380 g/mol. The Hall–Kier alpha value is -1.62. The molecule has 1 aliphatic rings. The van der Waals surface area contributed by atoms with E-state index in [1.807, 2.05) is 17.9 Å². The summed E-state index contributed by atoms with van der Waals surface area (Å²) in [5, 5.41) is 3.72. The van der Waals surface area contributed by atoms with Crippen LogP contribution in [-0.2, 0) is 4.79 Å². The van der Waals surface area contributed by atoms with Crippen LogP contribution in [0.15, 0.2) is 42.5 Å². The number of rotatable bonds is 6. The van der Waals surface area contributed by atoms with E-state index in [-0.39, 0.29) is 24.3 Å². The molecular formula is C19H19Cl2FN2O. The molecular weight excluding hydrogens is 362 g/mol. The zero-order valence-corrected chi connectivity index (χ0v) is 15.3. The normalized spacial score (nSPS) is 15.2. The standard InChI is InChI=1S/C19H19Cl2FN2O/c1-12(15-4-2-3-5-17(15)22)24(14-7-8-14)11-19(25)23-18-10-13(20)6-9-16(18)21/h2-6,9-10,12,14H,7-8,11H2,1H3,(H,23,25). The summed E-state index contributed by atoms with van der Waals surface area (Å²) >= 11 is 12.0. The van der Waals surface area contributed by atoms with Crippen LogP contribution >= 0.6 is 23.2 Å². The fraction of sp³-hybridized carbons (Fsp3) is 0.316. The summed E-state index contributed by atoms with van der Waals surface area (Å²) in [6.45, 7) is 2.10. The predicted octanol–water partition coefficient (Wildman–Crippen LogP) is 5.30. The third-order valence-electron chi connectivity index (χ3n) is 4.40. The van der Waals surface area contributed by atoms with Crippen LogP contribution in [0, 0.1) is 5.82 Å². The van der Waals surface area contributed by atoms with Gasteiger partial charge in [0.1, 0.15) is 5.82 Å². The Morgan fingerprint density at radius 3 is 2.68 bits per heavy atom. The summed E-state index contributed by atoms with van der Waals surface area (Å²) in [6.07, 6.45) is 2.04. The van der Waals surface area contributed by atoms with Gasteiger partial charge in [0.25, 0.3) is 0 Å². The average Bonchev–Trinajstić information content (AvgIpc) is 3.41. The topological polar surface area (TPSA) is 32.3 Å². The van der Waals surface area contributed by atoms with Crippen LogP contribution in [0.1, 0.15) is 31.4 Å². The summed E-state index contributed by atoms with van der Waals surface area (Å²) in [5.41, 5.74) is 1.08. The van der Waals surface area contributed by atoms with Gasteiger partial charge in [0, 0.05) is 22.7 Å². The van der Waals surface area contributed by atoms with Gasteiger partial charge >= 0.3 is 0 Å². The van der Waals surface area contributed by atoms with E-state index >= 15 is 0 Å². The maximum Gasteiger partial charge on any atom is 0.238 e. The second-order valence-electron chi connectivity index (χ2n) is 6.27. The number of hydrogen-bond acceptors (Lipinski definition) is 2. The lowest BCUT2D eigenvalue weighted by Gasteiger charge is -2.29. The highest BCUT2D eigenvalue weighted by Gasteiger charge is 2.34. The summed E-state index contributed by atoms with van der Waals surface area (Å²) in [5.74, 6) is -0.446. The maximum absolute atomic E-state index is 14.1. The lowest BCUT2D eigenvalue weighted by Crippen LogP contribution is -2.37. The molecule has 0 aliphatic heterocycles. The fourth-order valence-electron chi connectivity index (χ4n) is 2.93. The third kappa shape index (κ3) is 4.51. The Kier molecular flexibility index (Phi) is 5.62.